The first kappa shape index (κ1) is 19.5. The number of aliphatic hydroxyl groups excluding tert-OH is 1. The Bertz CT molecular complexity index is 1030. The SMILES string of the molecule is CC(O)c1cccc(Nc2nccc(-c3ccc(C(=O)N(C)CC#N)s3)n2)c1. The van der Waals surface area contributed by atoms with E-state index in [9.17, 15) is 9.90 Å². The van der Waals surface area contributed by atoms with E-state index in [0.29, 0.717) is 16.5 Å². The number of nitrogens with zero attached hydrogens (tertiary/aromatic N) is 4. The zero-order valence-electron chi connectivity index (χ0n) is 15.5. The van der Waals surface area contributed by atoms with Gasteiger partial charge in [0.15, 0.2) is 0 Å². The average molecular weight is 393 g/mol. The standard InChI is InChI=1S/C20H19N5O2S/c1-13(26)14-4-3-5-15(12-14)23-20-22-10-8-16(24-20)17-6-7-18(28-17)19(27)25(2)11-9-21/h3-8,10,12-13,26H,11H2,1-2H3,(H,22,23,24). The summed E-state index contributed by atoms with van der Waals surface area (Å²) < 4.78 is 0. The molecule has 1 amide bonds. The highest BCUT2D eigenvalue weighted by Gasteiger charge is 2.15. The molecule has 2 N–H and O–H groups in total. The van der Waals surface area contributed by atoms with E-state index >= 15 is 0 Å². The van der Waals surface area contributed by atoms with Crippen molar-refractivity contribution in [2.45, 2.75) is 13.0 Å². The molecule has 0 aliphatic heterocycles. The van der Waals surface area contributed by atoms with Gasteiger partial charge < -0.3 is 15.3 Å². The fourth-order valence-electron chi connectivity index (χ4n) is 2.52. The van der Waals surface area contributed by atoms with Gasteiger partial charge in [-0.25, -0.2) is 9.97 Å². The molecule has 2 aromatic heterocycles. The van der Waals surface area contributed by atoms with E-state index in [1.807, 2.05) is 36.4 Å². The topological polar surface area (TPSA) is 102 Å². The number of amides is 1. The van der Waals surface area contributed by atoms with Crippen molar-refractivity contribution in [3.8, 4) is 16.6 Å². The van der Waals surface area contributed by atoms with Crippen molar-refractivity contribution in [3.05, 3.63) is 59.1 Å². The molecule has 0 saturated carbocycles. The van der Waals surface area contributed by atoms with E-state index in [4.69, 9.17) is 5.26 Å². The van der Waals surface area contributed by atoms with Gasteiger partial charge >= 0.3 is 0 Å². The Balaban J connectivity index is 1.80. The number of rotatable bonds is 6. The summed E-state index contributed by atoms with van der Waals surface area (Å²) in [6.07, 6.45) is 1.09. The monoisotopic (exact) mass is 393 g/mol. The van der Waals surface area contributed by atoms with E-state index in [0.717, 1.165) is 16.1 Å². The highest BCUT2D eigenvalue weighted by atomic mass is 32.1. The van der Waals surface area contributed by atoms with Gasteiger partial charge in [0.1, 0.15) is 6.54 Å². The molecule has 28 heavy (non-hydrogen) atoms. The van der Waals surface area contributed by atoms with Crippen LogP contribution in [0.2, 0.25) is 0 Å². The van der Waals surface area contributed by atoms with Crippen LogP contribution in [-0.4, -0.2) is 39.5 Å². The summed E-state index contributed by atoms with van der Waals surface area (Å²) in [4.78, 5) is 23.8. The van der Waals surface area contributed by atoms with Crippen molar-refractivity contribution in [3.63, 3.8) is 0 Å². The number of aliphatic hydroxyl groups is 1. The van der Waals surface area contributed by atoms with Crippen LogP contribution < -0.4 is 5.32 Å². The molecular formula is C20H19N5O2S. The zero-order valence-corrected chi connectivity index (χ0v) is 16.3. The molecule has 7 nitrogen and oxygen atoms in total. The van der Waals surface area contributed by atoms with E-state index < -0.39 is 6.10 Å². The molecule has 1 unspecified atom stereocenters. The van der Waals surface area contributed by atoms with Crippen molar-refractivity contribution < 1.29 is 9.90 Å². The van der Waals surface area contributed by atoms with Crippen molar-refractivity contribution in [2.75, 3.05) is 18.9 Å². The van der Waals surface area contributed by atoms with Gasteiger partial charge in [-0.15, -0.1) is 11.3 Å². The molecule has 1 aromatic carbocycles. The predicted molar refractivity (Wildman–Crippen MR) is 108 cm³/mol. The molecule has 3 aromatic rings. The Morgan fingerprint density at radius 2 is 2.18 bits per heavy atom. The number of aromatic nitrogens is 2. The summed E-state index contributed by atoms with van der Waals surface area (Å²) >= 11 is 1.32. The van der Waals surface area contributed by atoms with Crippen molar-refractivity contribution >= 4 is 28.9 Å². The maximum absolute atomic E-state index is 12.3. The molecule has 0 fully saturated rings. The van der Waals surface area contributed by atoms with Gasteiger partial charge in [-0.05, 0) is 42.8 Å². The molecule has 8 heteroatoms. The third-order valence-electron chi connectivity index (χ3n) is 4.00. The Morgan fingerprint density at radius 3 is 2.93 bits per heavy atom. The number of nitriles is 1. The Hall–Kier alpha value is -3.28. The van der Waals surface area contributed by atoms with Gasteiger partial charge in [0.2, 0.25) is 5.95 Å². The summed E-state index contributed by atoms with van der Waals surface area (Å²) in [6, 6.07) is 14.7. The third kappa shape index (κ3) is 4.52. The summed E-state index contributed by atoms with van der Waals surface area (Å²) in [6.45, 7) is 1.75. The number of benzene rings is 1. The molecule has 142 valence electrons. The first-order chi connectivity index (χ1) is 13.5. The van der Waals surface area contributed by atoms with Gasteiger partial charge in [0, 0.05) is 18.9 Å². The lowest BCUT2D eigenvalue weighted by molar-refractivity contribution is 0.0816. The molecule has 0 saturated heterocycles. The fraction of sp³-hybridized carbons (Fsp3) is 0.200. The first-order valence-corrected chi connectivity index (χ1v) is 9.40. The molecule has 3 rings (SSSR count). The summed E-state index contributed by atoms with van der Waals surface area (Å²) in [7, 11) is 1.60. The minimum absolute atomic E-state index is 0.0408. The van der Waals surface area contributed by atoms with E-state index in [2.05, 4.69) is 15.3 Å². The van der Waals surface area contributed by atoms with Crippen LogP contribution in [0, 0.1) is 11.3 Å². The zero-order chi connectivity index (χ0) is 20.1. The van der Waals surface area contributed by atoms with Gasteiger partial charge in [-0.3, -0.25) is 4.79 Å². The second-order valence-corrected chi connectivity index (χ2v) is 7.26. The van der Waals surface area contributed by atoms with Crippen molar-refractivity contribution in [2.24, 2.45) is 0 Å². The molecule has 0 aliphatic rings. The maximum Gasteiger partial charge on any atom is 0.264 e. The number of anilines is 2. The minimum atomic E-state index is -0.560. The number of thiophene rings is 1. The quantitative estimate of drug-likeness (QED) is 0.621. The van der Waals surface area contributed by atoms with Crippen LogP contribution in [0.25, 0.3) is 10.6 Å². The highest BCUT2D eigenvalue weighted by Crippen LogP contribution is 2.28. The van der Waals surface area contributed by atoms with E-state index in [-0.39, 0.29) is 12.5 Å². The second-order valence-electron chi connectivity index (χ2n) is 6.18. The lowest BCUT2D eigenvalue weighted by Crippen LogP contribution is -2.26. The largest absolute Gasteiger partial charge is 0.389 e. The predicted octanol–water partition coefficient (Wildman–Crippen LogP) is 3.60. The number of hydrogen-bond donors (Lipinski definition) is 2. The molecule has 1 atom stereocenters. The lowest BCUT2D eigenvalue weighted by atomic mass is 10.1. The summed E-state index contributed by atoms with van der Waals surface area (Å²) in [5.74, 6) is 0.225. The molecule has 2 heterocycles. The van der Waals surface area contributed by atoms with Gasteiger partial charge in [0.05, 0.1) is 27.6 Å². The van der Waals surface area contributed by atoms with Gasteiger partial charge in [-0.2, -0.15) is 5.26 Å². The molecule has 0 radical (unpaired) electrons. The van der Waals surface area contributed by atoms with Gasteiger partial charge in [-0.1, -0.05) is 12.1 Å². The smallest absolute Gasteiger partial charge is 0.264 e. The summed E-state index contributed by atoms with van der Waals surface area (Å²) in [5, 5.41) is 21.6. The van der Waals surface area contributed by atoms with E-state index in [1.54, 1.807) is 32.3 Å². The van der Waals surface area contributed by atoms with Crippen LogP contribution in [0.1, 0.15) is 28.3 Å². The maximum atomic E-state index is 12.3. The minimum Gasteiger partial charge on any atom is -0.389 e. The molecular weight excluding hydrogens is 374 g/mol. The summed E-state index contributed by atoms with van der Waals surface area (Å²) in [5.41, 5.74) is 2.26. The normalized spacial score (nSPS) is 11.5. The van der Waals surface area contributed by atoms with Crippen LogP contribution in [0.4, 0.5) is 11.6 Å². The van der Waals surface area contributed by atoms with E-state index in [1.165, 1.54) is 16.2 Å². The third-order valence-corrected chi connectivity index (χ3v) is 5.10. The van der Waals surface area contributed by atoms with Crippen LogP contribution in [0.5, 0.6) is 0 Å². The number of carbonyl (C=O) groups is 1. The number of hydrogen-bond acceptors (Lipinski definition) is 7. The van der Waals surface area contributed by atoms with Crippen molar-refractivity contribution in [1.29, 1.82) is 5.26 Å². The van der Waals surface area contributed by atoms with Crippen LogP contribution in [0.15, 0.2) is 48.7 Å². The second kappa shape index (κ2) is 8.61. The van der Waals surface area contributed by atoms with Crippen LogP contribution >= 0.6 is 11.3 Å². The fourth-order valence-corrected chi connectivity index (χ4v) is 3.49. The molecule has 0 bridgehead atoms. The highest BCUT2D eigenvalue weighted by molar-refractivity contribution is 7.17. The first-order valence-electron chi connectivity index (χ1n) is 8.58. The number of nitrogens with one attached hydrogen (secondary N) is 1. The average Bonchev–Trinajstić information content (AvgIpc) is 3.18. The Kier molecular flexibility index (Phi) is 5.99. The molecule has 0 aliphatic carbocycles. The lowest BCUT2D eigenvalue weighted by Gasteiger charge is -2.10. The molecule has 0 spiro atoms. The van der Waals surface area contributed by atoms with Crippen LogP contribution in [0.3, 0.4) is 0 Å². The van der Waals surface area contributed by atoms with Crippen LogP contribution in [-0.2, 0) is 0 Å². The Labute approximate surface area is 166 Å². The number of carbonyl (C=O) groups excluding carboxylic acids is 1. The van der Waals surface area contributed by atoms with Gasteiger partial charge in [0.25, 0.3) is 5.91 Å². The Morgan fingerprint density at radius 1 is 1.36 bits per heavy atom. The van der Waals surface area contributed by atoms with Crippen molar-refractivity contribution in [1.82, 2.24) is 14.9 Å².